The lowest BCUT2D eigenvalue weighted by Gasteiger charge is -2.40. The van der Waals surface area contributed by atoms with Crippen LogP contribution in [0.3, 0.4) is 0 Å². The van der Waals surface area contributed by atoms with Crippen LogP contribution in [0, 0.1) is 16.0 Å². The summed E-state index contributed by atoms with van der Waals surface area (Å²) in [4.78, 5) is 17.1. The van der Waals surface area contributed by atoms with Gasteiger partial charge in [0.1, 0.15) is 12.1 Å². The van der Waals surface area contributed by atoms with E-state index in [-0.39, 0.29) is 31.2 Å². The topological polar surface area (TPSA) is 88.2 Å². The summed E-state index contributed by atoms with van der Waals surface area (Å²) in [5.74, 6) is 1.29. The minimum absolute atomic E-state index is 0.0256. The molecule has 0 saturated heterocycles. The van der Waals surface area contributed by atoms with Crippen molar-refractivity contribution in [3.8, 4) is 0 Å². The van der Waals surface area contributed by atoms with Crippen molar-refractivity contribution in [1.82, 2.24) is 4.90 Å². The van der Waals surface area contributed by atoms with E-state index in [2.05, 4.69) is 0 Å². The lowest BCUT2D eigenvalue weighted by atomic mass is 9.82. The SMILES string of the molecule is O=[N+]([O-])C1=CN2C(=NC(C3CCCCC3)CC2OCCO)C=C1. The first-order chi connectivity index (χ1) is 11.2. The molecule has 1 N–H and O–H groups in total. The van der Waals surface area contributed by atoms with Gasteiger partial charge in [0.15, 0.2) is 0 Å². The van der Waals surface area contributed by atoms with E-state index < -0.39 is 4.92 Å². The Labute approximate surface area is 135 Å². The first-order valence-corrected chi connectivity index (χ1v) is 8.32. The van der Waals surface area contributed by atoms with Crippen LogP contribution in [0.25, 0.3) is 0 Å². The van der Waals surface area contributed by atoms with Crippen LogP contribution in [-0.4, -0.2) is 46.2 Å². The summed E-state index contributed by atoms with van der Waals surface area (Å²) in [5, 5.41) is 20.0. The van der Waals surface area contributed by atoms with Gasteiger partial charge in [0.2, 0.25) is 0 Å². The van der Waals surface area contributed by atoms with Crippen molar-refractivity contribution < 1.29 is 14.8 Å². The third-order valence-corrected chi connectivity index (χ3v) is 4.80. The van der Waals surface area contributed by atoms with Crippen LogP contribution < -0.4 is 0 Å². The van der Waals surface area contributed by atoms with Gasteiger partial charge in [-0.15, -0.1) is 0 Å². The van der Waals surface area contributed by atoms with Gasteiger partial charge in [0.05, 0.1) is 30.4 Å². The molecule has 2 heterocycles. The molecule has 126 valence electrons. The van der Waals surface area contributed by atoms with Gasteiger partial charge in [-0.05, 0) is 24.8 Å². The zero-order valence-corrected chi connectivity index (χ0v) is 13.1. The minimum Gasteiger partial charge on any atom is -0.394 e. The molecule has 23 heavy (non-hydrogen) atoms. The Balaban J connectivity index is 1.82. The molecule has 3 aliphatic rings. The molecule has 3 rings (SSSR count). The summed E-state index contributed by atoms with van der Waals surface area (Å²) in [7, 11) is 0. The quantitative estimate of drug-likeness (QED) is 0.618. The molecule has 1 fully saturated rings. The first-order valence-electron chi connectivity index (χ1n) is 8.32. The van der Waals surface area contributed by atoms with Gasteiger partial charge in [-0.25, -0.2) is 0 Å². The molecular formula is C16H23N3O4. The summed E-state index contributed by atoms with van der Waals surface area (Å²) in [6.45, 7) is 0.156. The molecule has 2 aliphatic heterocycles. The summed E-state index contributed by atoms with van der Waals surface area (Å²) in [6, 6.07) is 0.195. The zero-order chi connectivity index (χ0) is 16.2. The summed E-state index contributed by atoms with van der Waals surface area (Å²) in [6.07, 6.45) is 11.2. The second-order valence-electron chi connectivity index (χ2n) is 6.29. The normalized spacial score (nSPS) is 28.1. The average Bonchev–Trinajstić information content (AvgIpc) is 2.59. The lowest BCUT2D eigenvalue weighted by Crippen LogP contribution is -2.47. The lowest BCUT2D eigenvalue weighted by molar-refractivity contribution is -0.420. The number of ether oxygens (including phenoxy) is 1. The van der Waals surface area contributed by atoms with E-state index in [0.717, 1.165) is 5.84 Å². The Morgan fingerprint density at radius 3 is 2.83 bits per heavy atom. The number of aliphatic hydroxyl groups is 1. The average molecular weight is 321 g/mol. The Bertz CT molecular complexity index is 537. The number of allylic oxidation sites excluding steroid dienone is 1. The Morgan fingerprint density at radius 1 is 1.35 bits per heavy atom. The van der Waals surface area contributed by atoms with Crippen LogP contribution in [0.15, 0.2) is 29.0 Å². The number of amidine groups is 1. The maximum absolute atomic E-state index is 11.0. The van der Waals surface area contributed by atoms with Crippen molar-refractivity contribution in [1.29, 1.82) is 0 Å². The van der Waals surface area contributed by atoms with E-state index in [4.69, 9.17) is 14.8 Å². The second kappa shape index (κ2) is 7.23. The van der Waals surface area contributed by atoms with Gasteiger partial charge < -0.3 is 9.84 Å². The molecule has 1 aliphatic carbocycles. The van der Waals surface area contributed by atoms with E-state index in [1.165, 1.54) is 44.4 Å². The fourth-order valence-electron chi connectivity index (χ4n) is 3.64. The maximum atomic E-state index is 11.0. The maximum Gasteiger partial charge on any atom is 0.285 e. The zero-order valence-electron chi connectivity index (χ0n) is 13.1. The molecule has 0 amide bonds. The monoisotopic (exact) mass is 321 g/mol. The molecule has 0 spiro atoms. The van der Waals surface area contributed by atoms with Gasteiger partial charge in [0.25, 0.3) is 5.70 Å². The van der Waals surface area contributed by atoms with Crippen LogP contribution in [0.5, 0.6) is 0 Å². The first kappa shape index (κ1) is 16.1. The molecule has 2 atom stereocenters. The van der Waals surface area contributed by atoms with E-state index in [9.17, 15) is 10.1 Å². The van der Waals surface area contributed by atoms with Crippen molar-refractivity contribution in [2.75, 3.05) is 13.2 Å². The standard InChI is InChI=1S/C16H23N3O4/c20-8-9-23-16-10-14(12-4-2-1-3-5-12)17-15-7-6-13(19(21)22)11-18(15)16/h6-7,11-12,14,16,20H,1-5,8-10H2. The number of aliphatic imine (C=N–C) groups is 1. The molecule has 0 bridgehead atoms. The van der Waals surface area contributed by atoms with Crippen molar-refractivity contribution in [2.45, 2.75) is 50.8 Å². The third kappa shape index (κ3) is 3.61. The van der Waals surface area contributed by atoms with Crippen molar-refractivity contribution in [2.24, 2.45) is 10.9 Å². The van der Waals surface area contributed by atoms with Crippen LogP contribution in [0.1, 0.15) is 38.5 Å². The van der Waals surface area contributed by atoms with E-state index in [1.54, 1.807) is 11.0 Å². The molecular weight excluding hydrogens is 298 g/mol. The summed E-state index contributed by atoms with van der Waals surface area (Å²) >= 11 is 0. The molecule has 0 radical (unpaired) electrons. The predicted octanol–water partition coefficient (Wildman–Crippen LogP) is 2.06. The minimum atomic E-state index is -0.413. The van der Waals surface area contributed by atoms with E-state index >= 15 is 0 Å². The number of nitro groups is 1. The number of hydrogen-bond donors (Lipinski definition) is 1. The van der Waals surface area contributed by atoms with Crippen molar-refractivity contribution in [3.63, 3.8) is 0 Å². The fraction of sp³-hybridized carbons (Fsp3) is 0.688. The highest BCUT2D eigenvalue weighted by molar-refractivity contribution is 5.95. The molecule has 7 heteroatoms. The van der Waals surface area contributed by atoms with E-state index in [1.807, 2.05) is 0 Å². The highest BCUT2D eigenvalue weighted by Crippen LogP contribution is 2.34. The highest BCUT2D eigenvalue weighted by atomic mass is 16.6. The third-order valence-electron chi connectivity index (χ3n) is 4.80. The Hall–Kier alpha value is -1.73. The Kier molecular flexibility index (Phi) is 5.07. The largest absolute Gasteiger partial charge is 0.394 e. The number of aliphatic hydroxyl groups excluding tert-OH is 1. The van der Waals surface area contributed by atoms with Crippen LogP contribution in [0.4, 0.5) is 0 Å². The van der Waals surface area contributed by atoms with Gasteiger partial charge in [-0.1, -0.05) is 19.3 Å². The number of fused-ring (bicyclic) bond motifs is 1. The molecule has 2 unspecified atom stereocenters. The second-order valence-corrected chi connectivity index (χ2v) is 6.29. The predicted molar refractivity (Wildman–Crippen MR) is 85.3 cm³/mol. The van der Waals surface area contributed by atoms with Crippen molar-refractivity contribution in [3.05, 3.63) is 34.2 Å². The van der Waals surface area contributed by atoms with Gasteiger partial charge in [0, 0.05) is 12.5 Å². The van der Waals surface area contributed by atoms with Crippen LogP contribution >= 0.6 is 0 Å². The summed E-state index contributed by atoms with van der Waals surface area (Å²) in [5.41, 5.74) is 0.0256. The van der Waals surface area contributed by atoms with Gasteiger partial charge in [-0.3, -0.25) is 20.0 Å². The summed E-state index contributed by atoms with van der Waals surface area (Å²) < 4.78 is 5.74. The molecule has 1 saturated carbocycles. The molecule has 7 nitrogen and oxygen atoms in total. The van der Waals surface area contributed by atoms with E-state index in [0.29, 0.717) is 12.3 Å². The fourth-order valence-corrected chi connectivity index (χ4v) is 3.64. The van der Waals surface area contributed by atoms with Crippen molar-refractivity contribution >= 4 is 5.84 Å². The van der Waals surface area contributed by atoms with Gasteiger partial charge in [-0.2, -0.15) is 0 Å². The molecule has 0 aromatic rings. The smallest absolute Gasteiger partial charge is 0.285 e. The molecule has 0 aromatic carbocycles. The molecule has 0 aromatic heterocycles. The van der Waals surface area contributed by atoms with Crippen LogP contribution in [-0.2, 0) is 4.74 Å². The van der Waals surface area contributed by atoms with Gasteiger partial charge >= 0.3 is 0 Å². The Morgan fingerprint density at radius 2 is 2.13 bits per heavy atom. The van der Waals surface area contributed by atoms with Crippen LogP contribution in [0.2, 0.25) is 0 Å². The number of hydrogen-bond acceptors (Lipinski definition) is 6. The number of nitrogens with zero attached hydrogens (tertiary/aromatic N) is 3. The highest BCUT2D eigenvalue weighted by Gasteiger charge is 2.36. The number of rotatable bonds is 5.